The summed E-state index contributed by atoms with van der Waals surface area (Å²) in [5.41, 5.74) is 7.79. The number of aryl methyl sites for hydroxylation is 1. The Morgan fingerprint density at radius 1 is 1.19 bits per heavy atom. The van der Waals surface area contributed by atoms with Crippen LogP contribution >= 0.6 is 0 Å². The number of anilines is 1. The number of nitrogen functional groups attached to an aromatic ring is 1. The van der Waals surface area contributed by atoms with Gasteiger partial charge in [0, 0.05) is 23.5 Å². The number of nitrogens with two attached hydrogens (primary N) is 1. The molecule has 10 nitrogen and oxygen atoms in total. The van der Waals surface area contributed by atoms with E-state index in [2.05, 4.69) is 25.7 Å². The highest BCUT2D eigenvalue weighted by Crippen LogP contribution is 2.44. The zero-order chi connectivity index (χ0) is 25.6. The van der Waals surface area contributed by atoms with Gasteiger partial charge in [0.05, 0.1) is 46.7 Å². The molecule has 0 amide bonds. The number of sulfonamides is 1. The highest BCUT2D eigenvalue weighted by molar-refractivity contribution is 7.89. The number of aliphatic hydroxyl groups excluding tert-OH is 1. The van der Waals surface area contributed by atoms with Crippen LogP contribution in [0.5, 0.6) is 0 Å². The minimum absolute atomic E-state index is 0.0584. The van der Waals surface area contributed by atoms with E-state index < -0.39 is 21.2 Å². The van der Waals surface area contributed by atoms with Crippen molar-refractivity contribution in [3.63, 3.8) is 0 Å². The second-order valence-corrected chi connectivity index (χ2v) is 11.2. The summed E-state index contributed by atoms with van der Waals surface area (Å²) in [5, 5.41) is 19.1. The van der Waals surface area contributed by atoms with Crippen LogP contribution in [-0.4, -0.2) is 52.8 Å². The Bertz CT molecular complexity index is 1460. The standard InChI is InChI=1S/C25H26N6O4S/c1-16-2-3-18(36(33,34)31-24-5-7-25(14-32,8-6-24)35-15-24)10-20(16)21-13-29-23(27)22(30-21)19-4-9-28-12-17(19)11-26/h2-4,9-10,12-13,31-32H,5-8,14-15H2,1H3,(H2,27,29). The summed E-state index contributed by atoms with van der Waals surface area (Å²) >= 11 is 0. The maximum Gasteiger partial charge on any atom is 0.241 e. The molecule has 0 radical (unpaired) electrons. The quantitative estimate of drug-likeness (QED) is 0.455. The van der Waals surface area contributed by atoms with Crippen LogP contribution in [0.1, 0.15) is 36.8 Å². The van der Waals surface area contributed by atoms with Crippen molar-refractivity contribution in [1.29, 1.82) is 5.26 Å². The Kier molecular flexibility index (Phi) is 6.00. The van der Waals surface area contributed by atoms with Crippen molar-refractivity contribution in [1.82, 2.24) is 19.7 Å². The number of benzene rings is 1. The van der Waals surface area contributed by atoms with Crippen LogP contribution in [0.25, 0.3) is 22.5 Å². The van der Waals surface area contributed by atoms with Crippen LogP contribution in [0.3, 0.4) is 0 Å². The van der Waals surface area contributed by atoms with Gasteiger partial charge >= 0.3 is 0 Å². The second kappa shape index (κ2) is 8.90. The molecule has 36 heavy (non-hydrogen) atoms. The van der Waals surface area contributed by atoms with Gasteiger partial charge in [-0.05, 0) is 56.4 Å². The molecular formula is C25H26N6O4S. The largest absolute Gasteiger partial charge is 0.393 e. The maximum atomic E-state index is 13.4. The summed E-state index contributed by atoms with van der Waals surface area (Å²) in [4.78, 5) is 13.0. The molecule has 0 spiro atoms. The fourth-order valence-corrected chi connectivity index (χ4v) is 6.38. The molecule has 0 atom stereocenters. The van der Waals surface area contributed by atoms with E-state index in [1.165, 1.54) is 12.4 Å². The highest BCUT2D eigenvalue weighted by Gasteiger charge is 2.51. The van der Waals surface area contributed by atoms with Crippen LogP contribution in [-0.2, 0) is 14.8 Å². The number of hydrogen-bond donors (Lipinski definition) is 3. The Labute approximate surface area is 209 Å². The predicted octanol–water partition coefficient (Wildman–Crippen LogP) is 2.32. The fourth-order valence-electron chi connectivity index (χ4n) is 4.90. The summed E-state index contributed by atoms with van der Waals surface area (Å²) in [6.07, 6.45) is 6.87. The zero-order valence-corrected chi connectivity index (χ0v) is 20.5. The average Bonchev–Trinajstić information content (AvgIpc) is 2.90. The van der Waals surface area contributed by atoms with E-state index in [9.17, 15) is 18.8 Å². The van der Waals surface area contributed by atoms with Crippen LogP contribution < -0.4 is 10.5 Å². The molecule has 2 aromatic heterocycles. The monoisotopic (exact) mass is 506 g/mol. The van der Waals surface area contributed by atoms with Crippen LogP contribution in [0.4, 0.5) is 5.82 Å². The predicted molar refractivity (Wildman–Crippen MR) is 132 cm³/mol. The van der Waals surface area contributed by atoms with Crippen molar-refractivity contribution in [3.8, 4) is 28.6 Å². The number of ether oxygens (including phenoxy) is 1. The molecule has 0 unspecified atom stereocenters. The summed E-state index contributed by atoms with van der Waals surface area (Å²) in [6.45, 7) is 2.02. The van der Waals surface area contributed by atoms with Crippen molar-refractivity contribution < 1.29 is 18.3 Å². The first-order chi connectivity index (χ1) is 17.2. The third-order valence-corrected chi connectivity index (χ3v) is 8.78. The molecule has 3 aliphatic rings. The van der Waals surface area contributed by atoms with Crippen LogP contribution in [0.2, 0.25) is 0 Å². The zero-order valence-electron chi connectivity index (χ0n) is 19.7. The Hall–Kier alpha value is -3.43. The number of fused-ring (bicyclic) bond motifs is 3. The molecule has 2 aliphatic heterocycles. The number of aliphatic hydroxyl groups is 1. The van der Waals surface area contributed by atoms with Gasteiger partial charge in [-0.1, -0.05) is 6.07 Å². The molecule has 4 heterocycles. The minimum Gasteiger partial charge on any atom is -0.393 e. The highest BCUT2D eigenvalue weighted by atomic mass is 32.2. The summed E-state index contributed by atoms with van der Waals surface area (Å²) in [7, 11) is -3.88. The number of rotatable bonds is 6. The molecule has 1 saturated carbocycles. The van der Waals surface area contributed by atoms with Crippen molar-refractivity contribution in [3.05, 3.63) is 54.0 Å². The van der Waals surface area contributed by atoms with E-state index >= 15 is 0 Å². The minimum atomic E-state index is -3.88. The van der Waals surface area contributed by atoms with Crippen molar-refractivity contribution in [2.24, 2.45) is 0 Å². The topological polar surface area (TPSA) is 164 Å². The molecule has 186 valence electrons. The molecule has 11 heteroatoms. The van der Waals surface area contributed by atoms with Gasteiger partial charge in [-0.15, -0.1) is 0 Å². The van der Waals surface area contributed by atoms with Crippen molar-refractivity contribution in [2.45, 2.75) is 48.6 Å². The van der Waals surface area contributed by atoms with E-state index in [0.717, 1.165) is 5.56 Å². The maximum absolute atomic E-state index is 13.4. The van der Waals surface area contributed by atoms with E-state index in [1.807, 2.05) is 6.92 Å². The molecule has 2 bridgehead atoms. The number of nitriles is 1. The Morgan fingerprint density at radius 3 is 2.64 bits per heavy atom. The lowest BCUT2D eigenvalue weighted by molar-refractivity contribution is -0.175. The lowest BCUT2D eigenvalue weighted by Crippen LogP contribution is -2.63. The average molecular weight is 507 g/mol. The fraction of sp³-hybridized carbons (Fsp3) is 0.360. The SMILES string of the molecule is Cc1ccc(S(=O)(=O)NC23CCC(CO)(CC2)OC3)cc1-c1cnc(N)c(-c2ccncc2C#N)n1. The smallest absolute Gasteiger partial charge is 0.241 e. The van der Waals surface area contributed by atoms with E-state index in [0.29, 0.717) is 53.8 Å². The van der Waals surface area contributed by atoms with Gasteiger partial charge in [0.15, 0.2) is 0 Å². The third kappa shape index (κ3) is 4.22. The molecule has 2 saturated heterocycles. The summed E-state index contributed by atoms with van der Waals surface area (Å²) < 4.78 is 35.6. The molecule has 6 rings (SSSR count). The van der Waals surface area contributed by atoms with Crippen LogP contribution in [0, 0.1) is 18.3 Å². The Balaban J connectivity index is 1.49. The van der Waals surface area contributed by atoms with E-state index in [1.54, 1.807) is 30.5 Å². The molecule has 3 aromatic rings. The normalized spacial score (nSPS) is 23.4. The number of nitrogens with one attached hydrogen (secondary N) is 1. The number of aromatic nitrogens is 3. The van der Waals surface area contributed by atoms with Crippen LogP contribution in [0.15, 0.2) is 47.8 Å². The molecule has 1 aliphatic carbocycles. The molecule has 1 aromatic carbocycles. The first kappa shape index (κ1) is 24.3. The van der Waals surface area contributed by atoms with Gasteiger partial charge in [0.2, 0.25) is 10.0 Å². The van der Waals surface area contributed by atoms with Gasteiger partial charge in [0.1, 0.15) is 17.6 Å². The summed E-state index contributed by atoms with van der Waals surface area (Å²) in [5.74, 6) is 0.150. The van der Waals surface area contributed by atoms with E-state index in [4.69, 9.17) is 10.5 Å². The lowest BCUT2D eigenvalue weighted by atomic mass is 9.72. The lowest BCUT2D eigenvalue weighted by Gasteiger charge is -2.52. The van der Waals surface area contributed by atoms with Gasteiger partial charge in [-0.2, -0.15) is 5.26 Å². The van der Waals surface area contributed by atoms with Gasteiger partial charge < -0.3 is 15.6 Å². The van der Waals surface area contributed by atoms with Gasteiger partial charge in [0.25, 0.3) is 0 Å². The summed E-state index contributed by atoms with van der Waals surface area (Å²) in [6, 6.07) is 8.57. The van der Waals surface area contributed by atoms with E-state index in [-0.39, 0.29) is 23.9 Å². The molecule has 3 fully saturated rings. The molecule has 4 N–H and O–H groups in total. The Morgan fingerprint density at radius 2 is 1.97 bits per heavy atom. The number of hydrogen-bond acceptors (Lipinski definition) is 9. The van der Waals surface area contributed by atoms with Gasteiger partial charge in [-0.25, -0.2) is 23.1 Å². The first-order valence-electron chi connectivity index (χ1n) is 11.6. The van der Waals surface area contributed by atoms with Crippen molar-refractivity contribution in [2.75, 3.05) is 18.9 Å². The van der Waals surface area contributed by atoms with Crippen molar-refractivity contribution >= 4 is 15.8 Å². The molecular weight excluding hydrogens is 480 g/mol. The van der Waals surface area contributed by atoms with Gasteiger partial charge in [-0.3, -0.25) is 4.98 Å². The first-order valence-corrected chi connectivity index (χ1v) is 13.1. The number of nitrogens with zero attached hydrogens (tertiary/aromatic N) is 4. The third-order valence-electron chi connectivity index (χ3n) is 7.20. The second-order valence-electron chi connectivity index (χ2n) is 9.51. The number of pyridine rings is 1.